The summed E-state index contributed by atoms with van der Waals surface area (Å²) in [4.78, 5) is 0. The minimum absolute atomic E-state index is 0.155. The Balaban J connectivity index is 0. The summed E-state index contributed by atoms with van der Waals surface area (Å²) in [7, 11) is 0. The van der Waals surface area contributed by atoms with Crippen LogP contribution in [0.1, 0.15) is 92.4 Å². The maximum Gasteiger partial charge on any atom is 0.458 e. The molecule has 0 aliphatic rings. The minimum atomic E-state index is -6.12. The molecule has 0 amide bonds. The molecule has 0 aromatic rings. The molecule has 0 atom stereocenters. The molecule has 0 rings (SSSR count). The van der Waals surface area contributed by atoms with Crippen LogP contribution in [-0.4, -0.2) is 50.6 Å². The van der Waals surface area contributed by atoms with Gasteiger partial charge in [-0.05, 0) is 33.6 Å². The molecule has 11 heteroatoms. The average Bonchev–Trinajstić information content (AvgIpc) is 2.71. The van der Waals surface area contributed by atoms with E-state index < -0.39 is 30.8 Å². The standard InChI is InChI=1S/C16H34O3.C6H7F7O/c1-5-9-10-11-12-13-14-15-16(17-6-2,18-7-3)19-8-4;1-2-3-14-4(7,5(8,9)10)6(11,12)13/h5-15H2,1-4H3;2-3H2,1H3. The van der Waals surface area contributed by atoms with Gasteiger partial charge >= 0.3 is 18.2 Å². The summed E-state index contributed by atoms with van der Waals surface area (Å²) < 4.78 is 103. The molecule has 0 aromatic carbocycles. The Morgan fingerprint density at radius 1 is 0.485 bits per heavy atom. The van der Waals surface area contributed by atoms with Gasteiger partial charge in [0.05, 0.1) is 6.61 Å². The fourth-order valence-electron chi connectivity index (χ4n) is 2.87. The fraction of sp³-hybridized carbons (Fsp3) is 1.00. The normalized spacial score (nSPS) is 13.1. The Bertz CT molecular complexity index is 426. The van der Waals surface area contributed by atoms with Crippen LogP contribution in [0, 0.1) is 0 Å². The number of ether oxygens (including phenoxy) is 4. The van der Waals surface area contributed by atoms with Gasteiger partial charge in [0, 0.05) is 26.2 Å². The van der Waals surface area contributed by atoms with Gasteiger partial charge in [0.15, 0.2) is 0 Å². The molecule has 0 N–H and O–H groups in total. The van der Waals surface area contributed by atoms with Gasteiger partial charge in [0.1, 0.15) is 0 Å². The van der Waals surface area contributed by atoms with E-state index in [2.05, 4.69) is 11.7 Å². The predicted octanol–water partition coefficient (Wildman–Crippen LogP) is 8.09. The number of rotatable bonds is 17. The minimum Gasteiger partial charge on any atom is -0.332 e. The van der Waals surface area contributed by atoms with Crippen molar-refractivity contribution < 1.29 is 49.7 Å². The largest absolute Gasteiger partial charge is 0.458 e. The maximum absolute atomic E-state index is 12.5. The zero-order valence-electron chi connectivity index (χ0n) is 20.5. The monoisotopic (exact) mass is 502 g/mol. The van der Waals surface area contributed by atoms with E-state index in [4.69, 9.17) is 14.2 Å². The van der Waals surface area contributed by atoms with Crippen molar-refractivity contribution in [2.75, 3.05) is 26.4 Å². The third-order valence-electron chi connectivity index (χ3n) is 4.41. The van der Waals surface area contributed by atoms with Gasteiger partial charge in [0.25, 0.3) is 5.97 Å². The van der Waals surface area contributed by atoms with Crippen LogP contribution in [0.5, 0.6) is 0 Å². The first-order valence-corrected chi connectivity index (χ1v) is 11.7. The van der Waals surface area contributed by atoms with Crippen LogP contribution in [0.4, 0.5) is 30.7 Å². The predicted molar refractivity (Wildman–Crippen MR) is 112 cm³/mol. The molecule has 4 nitrogen and oxygen atoms in total. The molecule has 0 aromatic heterocycles. The summed E-state index contributed by atoms with van der Waals surface area (Å²) in [6, 6.07) is 0. The smallest absolute Gasteiger partial charge is 0.332 e. The highest BCUT2D eigenvalue weighted by Crippen LogP contribution is 2.46. The highest BCUT2D eigenvalue weighted by atomic mass is 19.4. The number of unbranched alkanes of at least 4 members (excludes halogenated alkanes) is 6. The Labute approximate surface area is 193 Å². The highest BCUT2D eigenvalue weighted by Gasteiger charge is 2.74. The summed E-state index contributed by atoms with van der Waals surface area (Å²) in [6.45, 7) is 10.4. The first-order chi connectivity index (χ1) is 15.3. The van der Waals surface area contributed by atoms with Crippen LogP contribution in [0.25, 0.3) is 0 Å². The quantitative estimate of drug-likeness (QED) is 0.114. The highest BCUT2D eigenvalue weighted by molar-refractivity contribution is 4.85. The summed E-state index contributed by atoms with van der Waals surface area (Å²) in [6.07, 6.45) is -2.55. The summed E-state index contributed by atoms with van der Waals surface area (Å²) in [5, 5.41) is 0. The van der Waals surface area contributed by atoms with Gasteiger partial charge in [0.2, 0.25) is 0 Å². The van der Waals surface area contributed by atoms with Crippen molar-refractivity contribution in [3.8, 4) is 0 Å². The van der Waals surface area contributed by atoms with E-state index in [0.717, 1.165) is 12.8 Å². The van der Waals surface area contributed by atoms with Crippen LogP contribution >= 0.6 is 0 Å². The van der Waals surface area contributed by atoms with Crippen LogP contribution < -0.4 is 0 Å². The second kappa shape index (κ2) is 17.7. The lowest BCUT2D eigenvalue weighted by atomic mass is 10.1. The van der Waals surface area contributed by atoms with E-state index in [1.807, 2.05) is 20.8 Å². The van der Waals surface area contributed by atoms with Crippen molar-refractivity contribution in [2.45, 2.75) is 117 Å². The lowest BCUT2D eigenvalue weighted by Crippen LogP contribution is -2.55. The van der Waals surface area contributed by atoms with Crippen LogP contribution in [0.3, 0.4) is 0 Å². The lowest BCUT2D eigenvalue weighted by molar-refractivity contribution is -0.429. The molecule has 0 heterocycles. The molecule has 0 aliphatic carbocycles. The molecule has 0 saturated carbocycles. The van der Waals surface area contributed by atoms with Crippen molar-refractivity contribution >= 4 is 0 Å². The van der Waals surface area contributed by atoms with E-state index in [9.17, 15) is 30.7 Å². The molecule has 202 valence electrons. The molecular weight excluding hydrogens is 461 g/mol. The molecule has 33 heavy (non-hydrogen) atoms. The van der Waals surface area contributed by atoms with E-state index in [-0.39, 0.29) is 6.42 Å². The van der Waals surface area contributed by atoms with Crippen LogP contribution in [0.2, 0.25) is 0 Å². The average molecular weight is 503 g/mol. The molecule has 0 saturated heterocycles. The van der Waals surface area contributed by atoms with E-state index in [1.165, 1.54) is 45.4 Å². The van der Waals surface area contributed by atoms with Gasteiger partial charge in [-0.2, -0.15) is 30.7 Å². The molecular formula is C22H41F7O4. The maximum atomic E-state index is 12.5. The zero-order valence-corrected chi connectivity index (χ0v) is 20.5. The summed E-state index contributed by atoms with van der Waals surface area (Å²) in [5.41, 5.74) is 0. The number of halogens is 7. The van der Waals surface area contributed by atoms with Gasteiger partial charge in [-0.3, -0.25) is 0 Å². The van der Waals surface area contributed by atoms with Crippen molar-refractivity contribution in [1.29, 1.82) is 0 Å². The van der Waals surface area contributed by atoms with E-state index >= 15 is 0 Å². The van der Waals surface area contributed by atoms with Gasteiger partial charge in [-0.1, -0.05) is 52.4 Å². The molecule has 0 radical (unpaired) electrons. The van der Waals surface area contributed by atoms with Crippen LogP contribution in [-0.2, 0) is 18.9 Å². The topological polar surface area (TPSA) is 36.9 Å². The SMILES string of the molecule is CCCCCCCCCC(OCC)(OCC)OCC.CCCOC(F)(C(F)(F)F)C(F)(F)F. The Morgan fingerprint density at radius 3 is 1.21 bits per heavy atom. The van der Waals surface area contributed by atoms with Gasteiger partial charge < -0.3 is 18.9 Å². The second-order valence-corrected chi connectivity index (χ2v) is 7.29. The van der Waals surface area contributed by atoms with Crippen molar-refractivity contribution in [1.82, 2.24) is 0 Å². The third-order valence-corrected chi connectivity index (χ3v) is 4.41. The first-order valence-electron chi connectivity index (χ1n) is 11.7. The number of hydrogen-bond acceptors (Lipinski definition) is 4. The Morgan fingerprint density at radius 2 is 0.879 bits per heavy atom. The molecule has 0 fully saturated rings. The van der Waals surface area contributed by atoms with Gasteiger partial charge in [-0.15, -0.1) is 0 Å². The Hall–Kier alpha value is -0.650. The molecule has 0 aliphatic heterocycles. The number of hydrogen-bond donors (Lipinski definition) is 0. The Kier molecular flexibility index (Phi) is 18.6. The molecule has 0 spiro atoms. The lowest BCUT2D eigenvalue weighted by Gasteiger charge is -2.32. The van der Waals surface area contributed by atoms with E-state index in [0.29, 0.717) is 19.8 Å². The fourth-order valence-corrected chi connectivity index (χ4v) is 2.87. The second-order valence-electron chi connectivity index (χ2n) is 7.29. The molecule has 0 unspecified atom stereocenters. The van der Waals surface area contributed by atoms with Crippen molar-refractivity contribution in [2.24, 2.45) is 0 Å². The number of alkyl halides is 7. The van der Waals surface area contributed by atoms with Crippen LogP contribution in [0.15, 0.2) is 0 Å². The van der Waals surface area contributed by atoms with Gasteiger partial charge in [-0.25, -0.2) is 0 Å². The van der Waals surface area contributed by atoms with Crippen molar-refractivity contribution in [3.63, 3.8) is 0 Å². The summed E-state index contributed by atoms with van der Waals surface area (Å²) >= 11 is 0. The van der Waals surface area contributed by atoms with Crippen molar-refractivity contribution in [3.05, 3.63) is 0 Å². The molecule has 0 bridgehead atoms. The third kappa shape index (κ3) is 13.7. The summed E-state index contributed by atoms with van der Waals surface area (Å²) in [5.74, 6) is -6.38. The first kappa shape index (κ1) is 34.5. The zero-order chi connectivity index (χ0) is 26.0. The van der Waals surface area contributed by atoms with E-state index in [1.54, 1.807) is 0 Å².